The van der Waals surface area contributed by atoms with Crippen molar-refractivity contribution in [3.63, 3.8) is 0 Å². The van der Waals surface area contributed by atoms with Crippen LogP contribution in [0.3, 0.4) is 0 Å². The van der Waals surface area contributed by atoms with Crippen molar-refractivity contribution in [2.45, 2.75) is 51.6 Å². The highest BCUT2D eigenvalue weighted by atomic mass is 16.5. The maximum absolute atomic E-state index is 10.9. The van der Waals surface area contributed by atoms with Crippen LogP contribution in [0.2, 0.25) is 0 Å². The molecule has 0 aromatic heterocycles. The molecular formula is C12H20N2O4. The molecule has 0 saturated carbocycles. The van der Waals surface area contributed by atoms with Crippen LogP contribution >= 0.6 is 0 Å². The zero-order valence-electron chi connectivity index (χ0n) is 10.9. The van der Waals surface area contributed by atoms with Crippen LogP contribution < -0.4 is 0 Å². The van der Waals surface area contributed by atoms with Crippen LogP contribution in [0.15, 0.2) is 0 Å². The Morgan fingerprint density at radius 2 is 1.94 bits per heavy atom. The first-order valence-corrected chi connectivity index (χ1v) is 6.05. The highest BCUT2D eigenvalue weighted by Gasteiger charge is 2.09. The monoisotopic (exact) mass is 256 g/mol. The number of rotatable bonds is 9. The summed E-state index contributed by atoms with van der Waals surface area (Å²) in [5.41, 5.74) is 8.12. The van der Waals surface area contributed by atoms with Gasteiger partial charge in [0.25, 0.3) is 0 Å². The smallest absolute Gasteiger partial charge is 0.413 e. The van der Waals surface area contributed by atoms with E-state index >= 15 is 0 Å². The zero-order valence-corrected chi connectivity index (χ0v) is 10.9. The van der Waals surface area contributed by atoms with Gasteiger partial charge in [0.1, 0.15) is 0 Å². The van der Waals surface area contributed by atoms with E-state index in [1.54, 1.807) is 6.92 Å². The molecule has 0 N–H and O–H groups in total. The average molecular weight is 256 g/mol. The number of nitrogens with zero attached hydrogens (tertiary/aromatic N) is 2. The average Bonchev–Trinajstić information content (AvgIpc) is 2.33. The normalized spacial score (nSPS) is 11.2. The third-order valence-corrected chi connectivity index (χ3v) is 2.45. The van der Waals surface area contributed by atoms with Gasteiger partial charge in [0.2, 0.25) is 0 Å². The molecule has 6 nitrogen and oxygen atoms in total. The molecule has 0 spiro atoms. The fraction of sp³-hybridized carbons (Fsp3) is 0.750. The van der Waals surface area contributed by atoms with Crippen LogP contribution in [0.1, 0.15) is 45.4 Å². The second-order valence-electron chi connectivity index (χ2n) is 4.02. The predicted molar refractivity (Wildman–Crippen MR) is 65.0 cm³/mol. The van der Waals surface area contributed by atoms with E-state index in [9.17, 15) is 9.59 Å². The third-order valence-electron chi connectivity index (χ3n) is 2.45. The number of esters is 2. The standard InChI is InChI=1S/C12H20N2O4/c1-10(18-12(16)9-14-13)7-5-3-4-6-8-11(15)17-2/h9-10H,3-8H2,1-2H3. The quantitative estimate of drug-likeness (QED) is 0.206. The summed E-state index contributed by atoms with van der Waals surface area (Å²) in [6.07, 6.45) is 5.41. The van der Waals surface area contributed by atoms with Crippen LogP contribution in [0.4, 0.5) is 0 Å². The van der Waals surface area contributed by atoms with Crippen LogP contribution in [0.5, 0.6) is 0 Å². The Labute approximate surface area is 107 Å². The molecule has 0 saturated heterocycles. The summed E-state index contributed by atoms with van der Waals surface area (Å²) in [4.78, 5) is 24.3. The number of ether oxygens (including phenoxy) is 2. The summed E-state index contributed by atoms with van der Waals surface area (Å²) in [5, 5.41) is 0. The van der Waals surface area contributed by atoms with Crippen LogP contribution in [-0.2, 0) is 19.1 Å². The topological polar surface area (TPSA) is 89.0 Å². The van der Waals surface area contributed by atoms with E-state index in [1.165, 1.54) is 7.11 Å². The summed E-state index contributed by atoms with van der Waals surface area (Å²) in [7, 11) is 1.38. The van der Waals surface area contributed by atoms with Crippen LogP contribution in [-0.4, -0.2) is 36.2 Å². The van der Waals surface area contributed by atoms with E-state index in [2.05, 4.69) is 9.53 Å². The van der Waals surface area contributed by atoms with Gasteiger partial charge in [-0.05, 0) is 26.2 Å². The molecule has 0 heterocycles. The summed E-state index contributed by atoms with van der Waals surface area (Å²) >= 11 is 0. The van der Waals surface area contributed by atoms with Gasteiger partial charge in [-0.1, -0.05) is 12.8 Å². The van der Waals surface area contributed by atoms with E-state index in [-0.39, 0.29) is 12.1 Å². The number of carbonyl (C=O) groups is 2. The van der Waals surface area contributed by atoms with Gasteiger partial charge in [-0.3, -0.25) is 4.79 Å². The van der Waals surface area contributed by atoms with Crippen molar-refractivity contribution in [2.75, 3.05) is 7.11 Å². The van der Waals surface area contributed by atoms with Gasteiger partial charge < -0.3 is 15.0 Å². The lowest BCUT2D eigenvalue weighted by atomic mass is 10.1. The number of unbranched alkanes of at least 4 members (excludes halogenated alkanes) is 3. The molecule has 1 unspecified atom stereocenters. The highest BCUT2D eigenvalue weighted by molar-refractivity contribution is 6.20. The number of hydrogen-bond donors (Lipinski definition) is 0. The Morgan fingerprint density at radius 3 is 2.56 bits per heavy atom. The first-order chi connectivity index (χ1) is 8.60. The van der Waals surface area contributed by atoms with Crippen molar-refractivity contribution >= 4 is 18.2 Å². The number of carbonyl (C=O) groups excluding carboxylic acids is 2. The number of hydrogen-bond acceptors (Lipinski definition) is 4. The largest absolute Gasteiger partial charge is 0.469 e. The van der Waals surface area contributed by atoms with Gasteiger partial charge in [-0.25, -0.2) is 4.79 Å². The predicted octanol–water partition coefficient (Wildman–Crippen LogP) is 1.73. The molecular weight excluding hydrogens is 236 g/mol. The van der Waals surface area contributed by atoms with Gasteiger partial charge >= 0.3 is 18.2 Å². The van der Waals surface area contributed by atoms with Gasteiger partial charge in [0.15, 0.2) is 0 Å². The maximum Gasteiger partial charge on any atom is 0.413 e. The Kier molecular flexibility index (Phi) is 9.50. The fourth-order valence-electron chi connectivity index (χ4n) is 1.49. The molecule has 0 rings (SSSR count). The van der Waals surface area contributed by atoms with E-state index in [0.29, 0.717) is 6.42 Å². The Bertz CT molecular complexity index is 311. The second kappa shape index (κ2) is 10.5. The molecule has 0 aliphatic heterocycles. The molecule has 0 aromatic rings. The fourth-order valence-corrected chi connectivity index (χ4v) is 1.49. The van der Waals surface area contributed by atoms with Crippen molar-refractivity contribution in [3.05, 3.63) is 5.53 Å². The Hall–Kier alpha value is -1.68. The van der Waals surface area contributed by atoms with E-state index in [4.69, 9.17) is 10.3 Å². The van der Waals surface area contributed by atoms with Gasteiger partial charge in [-0.15, -0.1) is 0 Å². The van der Waals surface area contributed by atoms with Gasteiger partial charge in [-0.2, -0.15) is 4.79 Å². The third kappa shape index (κ3) is 9.54. The molecule has 0 aliphatic rings. The molecule has 0 bridgehead atoms. The summed E-state index contributed by atoms with van der Waals surface area (Å²) in [6.45, 7) is 1.79. The van der Waals surface area contributed by atoms with Crippen molar-refractivity contribution < 1.29 is 23.9 Å². The minimum Gasteiger partial charge on any atom is -0.469 e. The van der Waals surface area contributed by atoms with Crippen molar-refractivity contribution in [1.82, 2.24) is 0 Å². The molecule has 0 radical (unpaired) electrons. The van der Waals surface area contributed by atoms with Gasteiger partial charge in [0, 0.05) is 6.42 Å². The van der Waals surface area contributed by atoms with Crippen LogP contribution in [0, 0.1) is 0 Å². The minimum absolute atomic E-state index is 0.180. The lowest BCUT2D eigenvalue weighted by Crippen LogP contribution is -2.15. The lowest BCUT2D eigenvalue weighted by Gasteiger charge is -2.09. The van der Waals surface area contributed by atoms with Crippen molar-refractivity contribution in [1.29, 1.82) is 0 Å². The molecule has 0 aromatic carbocycles. The summed E-state index contributed by atoms with van der Waals surface area (Å²) < 4.78 is 9.46. The first-order valence-electron chi connectivity index (χ1n) is 6.05. The van der Waals surface area contributed by atoms with E-state index in [0.717, 1.165) is 38.3 Å². The maximum atomic E-state index is 10.9. The molecule has 0 fully saturated rings. The molecule has 102 valence electrons. The molecule has 0 amide bonds. The minimum atomic E-state index is -0.643. The van der Waals surface area contributed by atoms with Crippen molar-refractivity contribution in [2.24, 2.45) is 0 Å². The second-order valence-corrected chi connectivity index (χ2v) is 4.02. The Balaban J connectivity index is 3.46. The number of methoxy groups -OCH3 is 1. The molecule has 1 atom stereocenters. The zero-order chi connectivity index (χ0) is 13.8. The molecule has 0 aliphatic carbocycles. The Morgan fingerprint density at radius 1 is 1.28 bits per heavy atom. The SMILES string of the molecule is COC(=O)CCCCCCC(C)OC(=O)C=[N+]=[N-]. The highest BCUT2D eigenvalue weighted by Crippen LogP contribution is 2.09. The lowest BCUT2D eigenvalue weighted by molar-refractivity contribution is -0.143. The van der Waals surface area contributed by atoms with Gasteiger partial charge in [0.05, 0.1) is 13.2 Å². The van der Waals surface area contributed by atoms with E-state index in [1.807, 2.05) is 0 Å². The molecule has 6 heteroatoms. The van der Waals surface area contributed by atoms with E-state index < -0.39 is 5.97 Å². The molecule has 18 heavy (non-hydrogen) atoms. The van der Waals surface area contributed by atoms with Crippen LogP contribution in [0.25, 0.3) is 5.53 Å². The summed E-state index contributed by atoms with van der Waals surface area (Å²) in [6, 6.07) is 0. The summed E-state index contributed by atoms with van der Waals surface area (Å²) in [5.74, 6) is -0.823. The first kappa shape index (κ1) is 16.3. The van der Waals surface area contributed by atoms with Crippen molar-refractivity contribution in [3.8, 4) is 0 Å².